The minimum absolute atomic E-state index is 0.596. The Morgan fingerprint density at radius 3 is 2.32 bits per heavy atom. The van der Waals surface area contributed by atoms with Crippen molar-refractivity contribution in [2.75, 3.05) is 32.7 Å². The molecule has 1 N–H and O–H groups in total. The fourth-order valence-corrected chi connectivity index (χ4v) is 3.62. The molecule has 0 amide bonds. The lowest BCUT2D eigenvalue weighted by Gasteiger charge is -2.33. The maximum Gasteiger partial charge on any atom is 0.0244 e. The Hall–Kier alpha value is -0.120. The minimum atomic E-state index is 0.596. The number of nitrogens with zero attached hydrogens (tertiary/aromatic N) is 2. The maximum absolute atomic E-state index is 3.63. The third-order valence-electron chi connectivity index (χ3n) is 4.83. The molecule has 0 bridgehead atoms. The predicted octanol–water partition coefficient (Wildman–Crippen LogP) is 2.18. The van der Waals surface area contributed by atoms with Crippen LogP contribution in [0, 0.1) is 5.92 Å². The van der Waals surface area contributed by atoms with Crippen molar-refractivity contribution in [3.63, 3.8) is 0 Å². The fourth-order valence-electron chi connectivity index (χ4n) is 3.62. The van der Waals surface area contributed by atoms with Crippen LogP contribution in [0.25, 0.3) is 0 Å². The highest BCUT2D eigenvalue weighted by atomic mass is 15.3. The van der Waals surface area contributed by atoms with Gasteiger partial charge in [0.15, 0.2) is 0 Å². The number of hydrogen-bond acceptors (Lipinski definition) is 3. The predicted molar refractivity (Wildman–Crippen MR) is 82.5 cm³/mol. The summed E-state index contributed by atoms with van der Waals surface area (Å²) in [6, 6.07) is 2.14. The van der Waals surface area contributed by atoms with Crippen LogP contribution in [0.5, 0.6) is 0 Å². The summed E-state index contributed by atoms with van der Waals surface area (Å²) < 4.78 is 0. The van der Waals surface area contributed by atoms with E-state index < -0.39 is 0 Å². The first-order valence-corrected chi connectivity index (χ1v) is 8.29. The van der Waals surface area contributed by atoms with Gasteiger partial charge in [0.1, 0.15) is 0 Å². The van der Waals surface area contributed by atoms with Gasteiger partial charge in [0, 0.05) is 37.8 Å². The average Bonchev–Trinajstić information content (AvgIpc) is 2.98. The Morgan fingerprint density at radius 1 is 1.05 bits per heavy atom. The standard InChI is InChI=1S/C16H33N3/c1-13(2)16(11-17-14(3)4)19-10-7-15(12-19)18-8-5-6-9-18/h13-17H,5-12H2,1-4H3. The Morgan fingerprint density at radius 2 is 1.74 bits per heavy atom. The first kappa shape index (κ1) is 15.3. The zero-order valence-corrected chi connectivity index (χ0v) is 13.4. The van der Waals surface area contributed by atoms with E-state index in [4.69, 9.17) is 0 Å². The van der Waals surface area contributed by atoms with Gasteiger partial charge < -0.3 is 5.32 Å². The number of likely N-dealkylation sites (tertiary alicyclic amines) is 2. The highest BCUT2D eigenvalue weighted by Gasteiger charge is 2.33. The number of hydrogen-bond donors (Lipinski definition) is 1. The highest BCUT2D eigenvalue weighted by Crippen LogP contribution is 2.24. The molecule has 2 aliphatic heterocycles. The lowest BCUT2D eigenvalue weighted by Crippen LogP contribution is -2.47. The largest absolute Gasteiger partial charge is 0.313 e. The van der Waals surface area contributed by atoms with Crippen molar-refractivity contribution in [1.82, 2.24) is 15.1 Å². The first-order valence-electron chi connectivity index (χ1n) is 8.29. The van der Waals surface area contributed by atoms with Gasteiger partial charge in [-0.15, -0.1) is 0 Å². The second-order valence-electron chi connectivity index (χ2n) is 7.05. The van der Waals surface area contributed by atoms with Crippen molar-refractivity contribution in [2.45, 2.75) is 65.1 Å². The molecule has 2 heterocycles. The summed E-state index contributed by atoms with van der Waals surface area (Å²) in [6.07, 6.45) is 4.21. The van der Waals surface area contributed by atoms with Crippen LogP contribution in [0.15, 0.2) is 0 Å². The Balaban J connectivity index is 1.84. The van der Waals surface area contributed by atoms with Gasteiger partial charge in [0.25, 0.3) is 0 Å². The molecular formula is C16H33N3. The summed E-state index contributed by atoms with van der Waals surface area (Å²) in [5, 5.41) is 3.63. The van der Waals surface area contributed by atoms with Crippen molar-refractivity contribution >= 4 is 0 Å². The van der Waals surface area contributed by atoms with Crippen molar-refractivity contribution in [3.8, 4) is 0 Å². The van der Waals surface area contributed by atoms with Gasteiger partial charge in [-0.05, 0) is 38.3 Å². The van der Waals surface area contributed by atoms with Gasteiger partial charge in [-0.2, -0.15) is 0 Å². The molecule has 2 rings (SSSR count). The van der Waals surface area contributed by atoms with E-state index in [2.05, 4.69) is 42.8 Å². The van der Waals surface area contributed by atoms with Crippen molar-refractivity contribution < 1.29 is 0 Å². The van der Waals surface area contributed by atoms with Crippen LogP contribution in [0.4, 0.5) is 0 Å². The molecule has 2 aliphatic rings. The normalized spacial score (nSPS) is 27.8. The Kier molecular flexibility index (Phi) is 5.67. The topological polar surface area (TPSA) is 18.5 Å². The monoisotopic (exact) mass is 267 g/mol. The summed E-state index contributed by atoms with van der Waals surface area (Å²) in [4.78, 5) is 5.47. The smallest absolute Gasteiger partial charge is 0.0244 e. The molecule has 0 spiro atoms. The van der Waals surface area contributed by atoms with E-state index in [1.807, 2.05) is 0 Å². The molecule has 19 heavy (non-hydrogen) atoms. The maximum atomic E-state index is 3.63. The average molecular weight is 267 g/mol. The third kappa shape index (κ3) is 4.17. The molecule has 3 nitrogen and oxygen atoms in total. The molecule has 2 unspecified atom stereocenters. The van der Waals surface area contributed by atoms with Crippen LogP contribution in [0.3, 0.4) is 0 Å². The lowest BCUT2D eigenvalue weighted by atomic mass is 10.0. The molecule has 0 aromatic heterocycles. The molecule has 0 radical (unpaired) electrons. The summed E-state index contributed by atoms with van der Waals surface area (Å²) in [7, 11) is 0. The van der Waals surface area contributed by atoms with Gasteiger partial charge >= 0.3 is 0 Å². The zero-order valence-electron chi connectivity index (χ0n) is 13.4. The highest BCUT2D eigenvalue weighted by molar-refractivity contribution is 4.90. The van der Waals surface area contributed by atoms with Crippen LogP contribution in [0.2, 0.25) is 0 Å². The molecule has 2 saturated heterocycles. The van der Waals surface area contributed by atoms with E-state index in [-0.39, 0.29) is 0 Å². The third-order valence-corrected chi connectivity index (χ3v) is 4.83. The molecule has 0 aromatic carbocycles. The van der Waals surface area contributed by atoms with Gasteiger partial charge in [-0.1, -0.05) is 27.7 Å². The van der Waals surface area contributed by atoms with Crippen LogP contribution >= 0.6 is 0 Å². The van der Waals surface area contributed by atoms with E-state index in [0.29, 0.717) is 12.1 Å². The summed E-state index contributed by atoms with van der Waals surface area (Å²) in [5.41, 5.74) is 0. The van der Waals surface area contributed by atoms with Crippen LogP contribution in [-0.4, -0.2) is 60.6 Å². The van der Waals surface area contributed by atoms with Crippen molar-refractivity contribution in [1.29, 1.82) is 0 Å². The second kappa shape index (κ2) is 7.05. The quantitative estimate of drug-likeness (QED) is 0.796. The van der Waals surface area contributed by atoms with Crippen molar-refractivity contribution in [3.05, 3.63) is 0 Å². The fraction of sp³-hybridized carbons (Fsp3) is 1.00. The first-order chi connectivity index (χ1) is 9.08. The van der Waals surface area contributed by atoms with Crippen LogP contribution in [0.1, 0.15) is 47.0 Å². The van der Waals surface area contributed by atoms with Crippen LogP contribution in [-0.2, 0) is 0 Å². The van der Waals surface area contributed by atoms with E-state index in [1.54, 1.807) is 0 Å². The Bertz CT molecular complexity index is 259. The zero-order chi connectivity index (χ0) is 13.8. The van der Waals surface area contributed by atoms with Crippen LogP contribution < -0.4 is 5.32 Å². The lowest BCUT2D eigenvalue weighted by molar-refractivity contribution is 0.162. The molecule has 0 aromatic rings. The SMILES string of the molecule is CC(C)NCC(C(C)C)N1CCC(N2CCCC2)C1. The molecule has 112 valence electrons. The molecule has 3 heteroatoms. The Labute approximate surface area is 119 Å². The van der Waals surface area contributed by atoms with Gasteiger partial charge in [-0.3, -0.25) is 9.80 Å². The number of rotatable bonds is 6. The second-order valence-corrected chi connectivity index (χ2v) is 7.05. The summed E-state index contributed by atoms with van der Waals surface area (Å²) in [5.74, 6) is 0.739. The van der Waals surface area contributed by atoms with Gasteiger partial charge in [-0.25, -0.2) is 0 Å². The molecule has 2 atom stereocenters. The summed E-state index contributed by atoms with van der Waals surface area (Å²) >= 11 is 0. The van der Waals surface area contributed by atoms with E-state index >= 15 is 0 Å². The van der Waals surface area contributed by atoms with E-state index in [9.17, 15) is 0 Å². The van der Waals surface area contributed by atoms with E-state index in [1.165, 1.54) is 45.4 Å². The molecule has 0 aliphatic carbocycles. The molecule has 2 fully saturated rings. The van der Waals surface area contributed by atoms with Gasteiger partial charge in [0.2, 0.25) is 0 Å². The number of nitrogens with one attached hydrogen (secondary N) is 1. The minimum Gasteiger partial charge on any atom is -0.313 e. The van der Waals surface area contributed by atoms with Crippen molar-refractivity contribution in [2.24, 2.45) is 5.92 Å². The molecule has 0 saturated carbocycles. The molecular weight excluding hydrogens is 234 g/mol. The van der Waals surface area contributed by atoms with E-state index in [0.717, 1.165) is 18.5 Å². The van der Waals surface area contributed by atoms with Gasteiger partial charge in [0.05, 0.1) is 0 Å². The summed E-state index contributed by atoms with van der Waals surface area (Å²) in [6.45, 7) is 15.6.